The van der Waals surface area contributed by atoms with Crippen molar-refractivity contribution in [3.63, 3.8) is 0 Å². The lowest BCUT2D eigenvalue weighted by Crippen LogP contribution is -2.37. The van der Waals surface area contributed by atoms with Gasteiger partial charge in [0.15, 0.2) is 0 Å². The van der Waals surface area contributed by atoms with Crippen LogP contribution in [0.3, 0.4) is 0 Å². The molecule has 0 unspecified atom stereocenters. The lowest BCUT2D eigenvalue weighted by molar-refractivity contribution is -0.130. The van der Waals surface area contributed by atoms with E-state index in [1.54, 1.807) is 12.1 Å². The van der Waals surface area contributed by atoms with Crippen molar-refractivity contribution in [2.24, 2.45) is 0 Å². The molecule has 0 atom stereocenters. The summed E-state index contributed by atoms with van der Waals surface area (Å²) in [5.41, 5.74) is 1.09. The molecule has 162 valence electrons. The van der Waals surface area contributed by atoms with Crippen molar-refractivity contribution in [3.8, 4) is 0 Å². The molecule has 0 aliphatic carbocycles. The highest BCUT2D eigenvalue weighted by atomic mass is 32.2. The average Bonchev–Trinajstić information content (AvgIpc) is 2.77. The van der Waals surface area contributed by atoms with Crippen LogP contribution in [0.4, 0.5) is 0 Å². The lowest BCUT2D eigenvalue weighted by Gasteiger charge is -2.27. The molecule has 1 aromatic heterocycles. The zero-order chi connectivity index (χ0) is 21.6. The van der Waals surface area contributed by atoms with E-state index in [0.29, 0.717) is 24.7 Å². The van der Waals surface area contributed by atoms with Crippen molar-refractivity contribution < 1.29 is 13.2 Å². The maximum absolute atomic E-state index is 12.8. The Morgan fingerprint density at radius 1 is 1.10 bits per heavy atom. The average molecular weight is 448 g/mol. The molecule has 0 saturated carbocycles. The maximum Gasteiger partial charge on any atom is 0.244 e. The third kappa shape index (κ3) is 5.83. The molecule has 1 saturated heterocycles. The number of thioether (sulfide) groups is 1. The molecule has 1 aliphatic rings. The molecule has 0 spiro atoms. The first-order valence-electron chi connectivity index (χ1n) is 10.3. The zero-order valence-electron chi connectivity index (χ0n) is 17.5. The number of pyridine rings is 1. The molecule has 2 heterocycles. The maximum atomic E-state index is 12.8. The minimum absolute atomic E-state index is 0.0330. The number of carbonyl (C=O) groups is 1. The highest BCUT2D eigenvalue weighted by Crippen LogP contribution is 2.23. The highest BCUT2D eigenvalue weighted by molar-refractivity contribution is 7.99. The summed E-state index contributed by atoms with van der Waals surface area (Å²) in [6.45, 7) is 5.71. The molecule has 0 radical (unpaired) electrons. The van der Waals surface area contributed by atoms with Crippen molar-refractivity contribution in [1.82, 2.24) is 14.2 Å². The number of hydrogen-bond donors (Lipinski definition) is 0. The molecule has 6 nitrogen and oxygen atoms in total. The summed E-state index contributed by atoms with van der Waals surface area (Å²) in [6, 6.07) is 13.3. The summed E-state index contributed by atoms with van der Waals surface area (Å²) in [5.74, 6) is 0.293. The Kier molecular flexibility index (Phi) is 7.91. The Labute approximate surface area is 183 Å². The molecule has 2 aromatic rings. The molecule has 1 amide bonds. The molecule has 1 aliphatic heterocycles. The fraction of sp³-hybridized carbons (Fsp3) is 0.455. The van der Waals surface area contributed by atoms with Crippen LogP contribution < -0.4 is 0 Å². The number of rotatable bonds is 8. The van der Waals surface area contributed by atoms with E-state index in [4.69, 9.17) is 0 Å². The Hall–Kier alpha value is -1.90. The number of carbonyl (C=O) groups excluding carboxylic acids is 1. The third-order valence-electron chi connectivity index (χ3n) is 5.14. The first-order chi connectivity index (χ1) is 14.4. The number of hydrogen-bond acceptors (Lipinski definition) is 5. The van der Waals surface area contributed by atoms with Gasteiger partial charge in [-0.2, -0.15) is 4.31 Å². The van der Waals surface area contributed by atoms with Crippen LogP contribution in [0.5, 0.6) is 0 Å². The topological polar surface area (TPSA) is 70.6 Å². The van der Waals surface area contributed by atoms with Crippen LogP contribution in [0.1, 0.15) is 38.7 Å². The summed E-state index contributed by atoms with van der Waals surface area (Å²) >= 11 is 1.33. The number of aromatic nitrogens is 1. The van der Waals surface area contributed by atoms with Gasteiger partial charge in [0.2, 0.25) is 15.9 Å². The summed E-state index contributed by atoms with van der Waals surface area (Å²) in [6.07, 6.45) is 4.28. The van der Waals surface area contributed by atoms with Crippen molar-refractivity contribution in [2.75, 3.05) is 18.8 Å². The molecule has 0 bridgehead atoms. The summed E-state index contributed by atoms with van der Waals surface area (Å²) < 4.78 is 27.0. The Bertz CT molecular complexity index is 926. The normalized spacial score (nSPS) is 15.3. The minimum atomic E-state index is -3.48. The van der Waals surface area contributed by atoms with Crippen molar-refractivity contribution in [3.05, 3.63) is 54.2 Å². The van der Waals surface area contributed by atoms with E-state index >= 15 is 0 Å². The van der Waals surface area contributed by atoms with E-state index < -0.39 is 10.0 Å². The number of nitrogens with zero attached hydrogens (tertiary/aromatic N) is 3. The SMILES string of the molecule is CC(C)N(Cc1ccccc1)C(=O)CSc1ccc(S(=O)(=O)N2CCCCC2)cn1. The molecule has 1 aromatic carbocycles. The number of sulfonamides is 1. The monoisotopic (exact) mass is 447 g/mol. The van der Waals surface area contributed by atoms with Crippen molar-refractivity contribution in [1.29, 1.82) is 0 Å². The Morgan fingerprint density at radius 2 is 1.80 bits per heavy atom. The van der Waals surface area contributed by atoms with Crippen LogP contribution in [-0.2, 0) is 21.4 Å². The van der Waals surface area contributed by atoms with Gasteiger partial charge in [-0.05, 0) is 44.4 Å². The predicted molar refractivity (Wildman–Crippen MR) is 120 cm³/mol. The molecule has 30 heavy (non-hydrogen) atoms. The van der Waals surface area contributed by atoms with Gasteiger partial charge in [0.05, 0.1) is 10.8 Å². The number of amides is 1. The second-order valence-corrected chi connectivity index (χ2v) is 10.6. The predicted octanol–water partition coefficient (Wildman–Crippen LogP) is 3.79. The van der Waals surface area contributed by atoms with Crippen LogP contribution in [0.25, 0.3) is 0 Å². The van der Waals surface area contributed by atoms with Gasteiger partial charge in [-0.25, -0.2) is 13.4 Å². The van der Waals surface area contributed by atoms with E-state index in [0.717, 1.165) is 24.8 Å². The van der Waals surface area contributed by atoms with Gasteiger partial charge in [0.25, 0.3) is 0 Å². The van der Waals surface area contributed by atoms with Gasteiger partial charge in [0, 0.05) is 31.9 Å². The van der Waals surface area contributed by atoms with E-state index in [-0.39, 0.29) is 22.6 Å². The van der Waals surface area contributed by atoms with Gasteiger partial charge in [-0.15, -0.1) is 0 Å². The molecule has 3 rings (SSSR count). The van der Waals surface area contributed by atoms with E-state index in [1.807, 2.05) is 49.1 Å². The van der Waals surface area contributed by atoms with E-state index in [9.17, 15) is 13.2 Å². The first-order valence-corrected chi connectivity index (χ1v) is 12.7. The molecule has 0 N–H and O–H groups in total. The summed E-state index contributed by atoms with van der Waals surface area (Å²) in [4.78, 5) is 19.1. The van der Waals surface area contributed by atoms with Crippen LogP contribution in [0.2, 0.25) is 0 Å². The van der Waals surface area contributed by atoms with Crippen molar-refractivity contribution in [2.45, 2.75) is 55.6 Å². The summed E-state index contributed by atoms with van der Waals surface area (Å²) in [5, 5.41) is 0.643. The largest absolute Gasteiger partial charge is 0.335 e. The lowest BCUT2D eigenvalue weighted by atomic mass is 10.2. The van der Waals surface area contributed by atoms with Gasteiger partial charge >= 0.3 is 0 Å². The van der Waals surface area contributed by atoms with Gasteiger partial charge in [-0.3, -0.25) is 4.79 Å². The Balaban J connectivity index is 1.60. The van der Waals surface area contributed by atoms with Gasteiger partial charge < -0.3 is 4.90 Å². The third-order valence-corrected chi connectivity index (χ3v) is 7.96. The Morgan fingerprint density at radius 3 is 2.40 bits per heavy atom. The van der Waals surface area contributed by atoms with Gasteiger partial charge in [-0.1, -0.05) is 48.5 Å². The minimum Gasteiger partial charge on any atom is -0.335 e. The zero-order valence-corrected chi connectivity index (χ0v) is 19.2. The smallest absolute Gasteiger partial charge is 0.244 e. The molecule has 1 fully saturated rings. The van der Waals surface area contributed by atoms with Crippen LogP contribution in [0, 0.1) is 0 Å². The molecular formula is C22H29N3O3S2. The fourth-order valence-corrected chi connectivity index (χ4v) is 5.61. The van der Waals surface area contributed by atoms with Crippen molar-refractivity contribution >= 4 is 27.7 Å². The second kappa shape index (κ2) is 10.4. The first kappa shape index (κ1) is 22.8. The fourth-order valence-electron chi connectivity index (χ4n) is 3.42. The quantitative estimate of drug-likeness (QED) is 0.576. The van der Waals surface area contributed by atoms with Crippen LogP contribution in [-0.4, -0.2) is 53.4 Å². The summed E-state index contributed by atoms with van der Waals surface area (Å²) in [7, 11) is -3.48. The molecule has 8 heteroatoms. The molecular weight excluding hydrogens is 418 g/mol. The second-order valence-electron chi connectivity index (χ2n) is 7.69. The standard InChI is InChI=1S/C22H29N3O3S2/c1-18(2)25(16-19-9-5-3-6-10-19)22(26)17-29-21-12-11-20(15-23-21)30(27,28)24-13-7-4-8-14-24/h3,5-6,9-12,15,18H,4,7-8,13-14,16-17H2,1-2H3. The number of piperidine rings is 1. The highest BCUT2D eigenvalue weighted by Gasteiger charge is 2.26. The van der Waals surface area contributed by atoms with E-state index in [2.05, 4.69) is 4.98 Å². The number of benzene rings is 1. The van der Waals surface area contributed by atoms with E-state index in [1.165, 1.54) is 22.3 Å². The van der Waals surface area contributed by atoms with Gasteiger partial charge in [0.1, 0.15) is 4.90 Å². The van der Waals surface area contributed by atoms with Crippen LogP contribution in [0.15, 0.2) is 58.6 Å². The van der Waals surface area contributed by atoms with Crippen LogP contribution >= 0.6 is 11.8 Å².